The van der Waals surface area contributed by atoms with Crippen LogP contribution in [-0.4, -0.2) is 13.1 Å². The van der Waals surface area contributed by atoms with Gasteiger partial charge in [-0.25, -0.2) is 4.39 Å². The molecule has 1 heterocycles. The van der Waals surface area contributed by atoms with E-state index in [9.17, 15) is 4.39 Å². The Bertz CT molecular complexity index is 417. The van der Waals surface area contributed by atoms with E-state index in [0.29, 0.717) is 10.7 Å². The lowest BCUT2D eigenvalue weighted by Gasteiger charge is -2.27. The molecule has 2 rings (SSSR count). The molecule has 0 atom stereocenters. The summed E-state index contributed by atoms with van der Waals surface area (Å²) in [6.07, 6.45) is 3.49. The first-order chi connectivity index (χ1) is 8.53. The third-order valence-corrected chi connectivity index (χ3v) is 4.47. The maximum atomic E-state index is 14.1. The first-order valence-corrected chi connectivity index (χ1v) is 7.74. The van der Waals surface area contributed by atoms with Crippen molar-refractivity contribution in [2.45, 2.75) is 38.4 Å². The first kappa shape index (κ1) is 13.9. The summed E-state index contributed by atoms with van der Waals surface area (Å²) in [7, 11) is 0. The number of rotatable bonds is 2. The van der Waals surface area contributed by atoms with Crippen LogP contribution in [0.25, 0.3) is 0 Å². The fourth-order valence-corrected chi connectivity index (χ4v) is 3.12. The van der Waals surface area contributed by atoms with E-state index in [4.69, 9.17) is 0 Å². The second kappa shape index (κ2) is 5.60. The molecule has 0 unspecified atom stereocenters. The van der Waals surface area contributed by atoms with Gasteiger partial charge in [-0.05, 0) is 36.3 Å². The quantitative estimate of drug-likeness (QED) is 0.713. The zero-order valence-electron chi connectivity index (χ0n) is 11.2. The van der Waals surface area contributed by atoms with E-state index in [-0.39, 0.29) is 5.82 Å². The lowest BCUT2D eigenvalue weighted by atomic mass is 9.85. The van der Waals surface area contributed by atoms with Gasteiger partial charge in [-0.2, -0.15) is 0 Å². The second-order valence-electron chi connectivity index (χ2n) is 5.89. The van der Waals surface area contributed by atoms with Gasteiger partial charge in [0.25, 0.3) is 0 Å². The molecule has 0 bridgehead atoms. The molecule has 18 heavy (non-hydrogen) atoms. The predicted octanol–water partition coefficient (Wildman–Crippen LogP) is 4.74. The number of nitrogens with zero attached hydrogens (tertiary/aromatic N) is 1. The minimum Gasteiger partial charge on any atom is -0.369 e. The maximum absolute atomic E-state index is 14.1. The van der Waals surface area contributed by atoms with Crippen LogP contribution in [0.1, 0.15) is 38.7 Å². The molecule has 0 radical (unpaired) electrons. The summed E-state index contributed by atoms with van der Waals surface area (Å²) in [6.45, 7) is 6.53. The van der Waals surface area contributed by atoms with Crippen LogP contribution in [-0.2, 0) is 5.33 Å². The molecule has 1 aromatic rings. The fourth-order valence-electron chi connectivity index (χ4n) is 2.67. The molecule has 0 N–H and O–H groups in total. The third kappa shape index (κ3) is 3.05. The van der Waals surface area contributed by atoms with Crippen molar-refractivity contribution in [3.05, 3.63) is 29.6 Å². The van der Waals surface area contributed by atoms with Gasteiger partial charge in [-0.15, -0.1) is 0 Å². The Balaban J connectivity index is 2.26. The standard InChI is InChI=1S/C15H21BrFN/c1-15(2)7-4-9-18(10-8-15)14-12(11-16)5-3-6-13(14)17/h3,5-6H,4,7-11H2,1-2H3. The van der Waals surface area contributed by atoms with E-state index >= 15 is 0 Å². The molecule has 1 aliphatic rings. The molecule has 0 saturated carbocycles. The number of para-hydroxylation sites is 1. The van der Waals surface area contributed by atoms with Crippen molar-refractivity contribution in [3.63, 3.8) is 0 Å². The van der Waals surface area contributed by atoms with Crippen LogP contribution in [0.4, 0.5) is 10.1 Å². The van der Waals surface area contributed by atoms with Gasteiger partial charge in [-0.1, -0.05) is 41.9 Å². The van der Waals surface area contributed by atoms with Gasteiger partial charge in [0.15, 0.2) is 0 Å². The minimum absolute atomic E-state index is 0.0911. The van der Waals surface area contributed by atoms with E-state index in [2.05, 4.69) is 34.7 Å². The highest BCUT2D eigenvalue weighted by Crippen LogP contribution is 2.34. The summed E-state index contributed by atoms with van der Waals surface area (Å²) in [4.78, 5) is 2.22. The average molecular weight is 314 g/mol. The number of benzene rings is 1. The normalized spacial score (nSPS) is 19.7. The van der Waals surface area contributed by atoms with E-state index in [1.807, 2.05) is 6.07 Å². The highest BCUT2D eigenvalue weighted by Gasteiger charge is 2.25. The number of alkyl halides is 1. The molecule has 1 aliphatic heterocycles. The Morgan fingerprint density at radius 2 is 2.06 bits per heavy atom. The maximum Gasteiger partial charge on any atom is 0.146 e. The minimum atomic E-state index is -0.0911. The van der Waals surface area contributed by atoms with Crippen molar-refractivity contribution in [3.8, 4) is 0 Å². The second-order valence-corrected chi connectivity index (χ2v) is 6.45. The van der Waals surface area contributed by atoms with Crippen molar-refractivity contribution in [1.82, 2.24) is 0 Å². The van der Waals surface area contributed by atoms with Crippen molar-refractivity contribution in [2.75, 3.05) is 18.0 Å². The molecule has 3 heteroatoms. The summed E-state index contributed by atoms with van der Waals surface area (Å²) in [5, 5.41) is 0.708. The fraction of sp³-hybridized carbons (Fsp3) is 0.600. The number of anilines is 1. The van der Waals surface area contributed by atoms with Crippen molar-refractivity contribution >= 4 is 21.6 Å². The predicted molar refractivity (Wildman–Crippen MR) is 78.9 cm³/mol. The third-order valence-electron chi connectivity index (χ3n) is 3.87. The first-order valence-electron chi connectivity index (χ1n) is 6.62. The summed E-state index contributed by atoms with van der Waals surface area (Å²) in [5.74, 6) is -0.0911. The van der Waals surface area contributed by atoms with Crippen molar-refractivity contribution < 1.29 is 4.39 Å². The van der Waals surface area contributed by atoms with Gasteiger partial charge in [0.2, 0.25) is 0 Å². The SMILES string of the molecule is CC1(C)CCCN(c2c(F)cccc2CBr)CC1. The summed E-state index contributed by atoms with van der Waals surface area (Å²) in [6, 6.07) is 5.36. The lowest BCUT2D eigenvalue weighted by Crippen LogP contribution is -2.27. The molecule has 1 fully saturated rings. The highest BCUT2D eigenvalue weighted by atomic mass is 79.9. The Labute approximate surface area is 118 Å². The van der Waals surface area contributed by atoms with Gasteiger partial charge < -0.3 is 4.90 Å². The summed E-state index contributed by atoms with van der Waals surface area (Å²) in [5.41, 5.74) is 2.23. The van der Waals surface area contributed by atoms with Gasteiger partial charge in [0.05, 0.1) is 5.69 Å². The largest absolute Gasteiger partial charge is 0.369 e. The molecule has 0 aliphatic carbocycles. The molecule has 1 saturated heterocycles. The van der Waals surface area contributed by atoms with E-state index in [1.165, 1.54) is 6.42 Å². The Kier molecular flexibility index (Phi) is 4.31. The van der Waals surface area contributed by atoms with Gasteiger partial charge in [-0.3, -0.25) is 0 Å². The Morgan fingerprint density at radius 3 is 2.78 bits per heavy atom. The van der Waals surface area contributed by atoms with Gasteiger partial charge in [0.1, 0.15) is 5.82 Å². The molecular formula is C15H21BrFN. The summed E-state index contributed by atoms with van der Waals surface area (Å²) < 4.78 is 14.1. The molecular weight excluding hydrogens is 293 g/mol. The summed E-state index contributed by atoms with van der Waals surface area (Å²) >= 11 is 3.46. The zero-order chi connectivity index (χ0) is 13.2. The number of halogens is 2. The van der Waals surface area contributed by atoms with Crippen LogP contribution >= 0.6 is 15.9 Å². The lowest BCUT2D eigenvalue weighted by molar-refractivity contribution is 0.325. The van der Waals surface area contributed by atoms with Crippen LogP contribution in [0.3, 0.4) is 0 Å². The zero-order valence-corrected chi connectivity index (χ0v) is 12.8. The van der Waals surface area contributed by atoms with E-state index in [1.54, 1.807) is 12.1 Å². The molecule has 0 spiro atoms. The average Bonchev–Trinajstić information content (AvgIpc) is 2.50. The number of hydrogen-bond acceptors (Lipinski definition) is 1. The number of hydrogen-bond donors (Lipinski definition) is 0. The van der Waals surface area contributed by atoms with Crippen LogP contribution < -0.4 is 4.90 Å². The smallest absolute Gasteiger partial charge is 0.146 e. The van der Waals surface area contributed by atoms with Crippen LogP contribution in [0.15, 0.2) is 18.2 Å². The topological polar surface area (TPSA) is 3.24 Å². The van der Waals surface area contributed by atoms with Gasteiger partial charge >= 0.3 is 0 Å². The Hall–Kier alpha value is -0.570. The van der Waals surface area contributed by atoms with Crippen LogP contribution in [0.2, 0.25) is 0 Å². The van der Waals surface area contributed by atoms with Crippen LogP contribution in [0.5, 0.6) is 0 Å². The van der Waals surface area contributed by atoms with Crippen molar-refractivity contribution in [2.24, 2.45) is 5.41 Å². The van der Waals surface area contributed by atoms with Crippen LogP contribution in [0, 0.1) is 11.2 Å². The van der Waals surface area contributed by atoms with Gasteiger partial charge in [0, 0.05) is 18.4 Å². The molecule has 1 nitrogen and oxygen atoms in total. The van der Waals surface area contributed by atoms with E-state index < -0.39 is 0 Å². The molecule has 0 aromatic heterocycles. The Morgan fingerprint density at radius 1 is 1.28 bits per heavy atom. The molecule has 1 aromatic carbocycles. The van der Waals surface area contributed by atoms with E-state index in [0.717, 1.165) is 37.2 Å². The molecule has 100 valence electrons. The highest BCUT2D eigenvalue weighted by molar-refractivity contribution is 9.08. The monoisotopic (exact) mass is 313 g/mol. The molecule has 0 amide bonds. The van der Waals surface area contributed by atoms with Crippen molar-refractivity contribution in [1.29, 1.82) is 0 Å².